The summed E-state index contributed by atoms with van der Waals surface area (Å²) in [5, 5.41) is 3.36. The minimum atomic E-state index is -0.122. The first-order valence-corrected chi connectivity index (χ1v) is 10.3. The summed E-state index contributed by atoms with van der Waals surface area (Å²) in [4.78, 5) is 20.0. The maximum atomic E-state index is 5.87. The van der Waals surface area contributed by atoms with Gasteiger partial charge in [-0.3, -0.25) is 4.98 Å². The molecule has 0 aliphatic carbocycles. The second kappa shape index (κ2) is 9.02. The van der Waals surface area contributed by atoms with Gasteiger partial charge in [0, 0.05) is 17.3 Å². The molecular formula is C23H27N7. The largest absolute Gasteiger partial charge is 0.341 e. The highest BCUT2D eigenvalue weighted by atomic mass is 15.0. The fraction of sp³-hybridized carbons (Fsp3) is 0.261. The average molecular weight is 402 g/mol. The molecule has 0 fully saturated rings. The van der Waals surface area contributed by atoms with Crippen molar-refractivity contribution in [3.63, 3.8) is 0 Å². The van der Waals surface area contributed by atoms with Crippen LogP contribution in [0.2, 0.25) is 0 Å². The molecule has 154 valence electrons. The van der Waals surface area contributed by atoms with Crippen LogP contribution in [0.1, 0.15) is 38.0 Å². The minimum absolute atomic E-state index is 0.122. The van der Waals surface area contributed by atoms with E-state index < -0.39 is 0 Å². The molecule has 0 saturated heterocycles. The Balaban J connectivity index is 1.46. The van der Waals surface area contributed by atoms with E-state index in [1.807, 2.05) is 31.5 Å². The topological polar surface area (TPSA) is 108 Å². The maximum absolute atomic E-state index is 5.87. The molecule has 4 rings (SSSR count). The summed E-state index contributed by atoms with van der Waals surface area (Å²) in [5.41, 5.74) is 11.9. The summed E-state index contributed by atoms with van der Waals surface area (Å²) in [6, 6.07) is 12.3. The Labute approximate surface area is 176 Å². The van der Waals surface area contributed by atoms with Crippen molar-refractivity contribution in [1.29, 1.82) is 0 Å². The second-order valence-corrected chi connectivity index (χ2v) is 7.40. The Morgan fingerprint density at radius 2 is 1.57 bits per heavy atom. The first-order valence-electron chi connectivity index (χ1n) is 10.3. The van der Waals surface area contributed by atoms with Gasteiger partial charge in [-0.05, 0) is 37.6 Å². The van der Waals surface area contributed by atoms with Crippen molar-refractivity contribution in [1.82, 2.24) is 30.2 Å². The Morgan fingerprint density at radius 3 is 2.23 bits per heavy atom. The number of pyridine rings is 1. The summed E-state index contributed by atoms with van der Waals surface area (Å²) in [5.74, 6) is 1.72. The zero-order chi connectivity index (χ0) is 20.9. The molecular weight excluding hydrogens is 374 g/mol. The van der Waals surface area contributed by atoms with Gasteiger partial charge in [0.15, 0.2) is 0 Å². The van der Waals surface area contributed by atoms with Crippen molar-refractivity contribution in [2.24, 2.45) is 5.73 Å². The molecule has 0 aliphatic heterocycles. The number of nitrogens with two attached hydrogens (primary N) is 1. The van der Waals surface area contributed by atoms with E-state index in [1.165, 1.54) is 0 Å². The van der Waals surface area contributed by atoms with E-state index >= 15 is 0 Å². The van der Waals surface area contributed by atoms with Crippen LogP contribution in [-0.2, 0) is 6.54 Å². The minimum Gasteiger partial charge on any atom is -0.341 e. The Kier molecular flexibility index (Phi) is 6.02. The number of benzene rings is 1. The molecule has 7 nitrogen and oxygen atoms in total. The summed E-state index contributed by atoms with van der Waals surface area (Å²) in [6.07, 6.45) is 6.64. The first-order chi connectivity index (χ1) is 14.6. The number of imidazole rings is 2. The molecule has 0 aliphatic rings. The molecule has 0 amide bonds. The van der Waals surface area contributed by atoms with E-state index in [4.69, 9.17) is 5.73 Å². The molecule has 3 heterocycles. The lowest BCUT2D eigenvalue weighted by Gasteiger charge is -2.05. The molecule has 30 heavy (non-hydrogen) atoms. The predicted octanol–water partition coefficient (Wildman–Crippen LogP) is 4.05. The highest BCUT2D eigenvalue weighted by molar-refractivity contribution is 5.68. The van der Waals surface area contributed by atoms with Gasteiger partial charge in [0.05, 0.1) is 42.1 Å². The van der Waals surface area contributed by atoms with Crippen LogP contribution in [-0.4, -0.2) is 31.5 Å². The lowest BCUT2D eigenvalue weighted by atomic mass is 10.1. The molecule has 5 N–H and O–H groups in total. The third-order valence-corrected chi connectivity index (χ3v) is 4.94. The molecule has 0 saturated carbocycles. The molecule has 0 bridgehead atoms. The molecule has 0 unspecified atom stereocenters. The lowest BCUT2D eigenvalue weighted by molar-refractivity contribution is 0.655. The van der Waals surface area contributed by atoms with Gasteiger partial charge in [0.2, 0.25) is 0 Å². The molecule has 7 heteroatoms. The number of aromatic amines is 2. The van der Waals surface area contributed by atoms with E-state index in [0.29, 0.717) is 0 Å². The van der Waals surface area contributed by atoms with Gasteiger partial charge in [-0.15, -0.1) is 0 Å². The van der Waals surface area contributed by atoms with Crippen LogP contribution in [0.5, 0.6) is 0 Å². The highest BCUT2D eigenvalue weighted by Gasteiger charge is 2.08. The van der Waals surface area contributed by atoms with Gasteiger partial charge >= 0.3 is 0 Å². The van der Waals surface area contributed by atoms with Crippen LogP contribution in [0.25, 0.3) is 33.8 Å². The van der Waals surface area contributed by atoms with Crippen LogP contribution in [0.3, 0.4) is 0 Å². The Bertz CT molecular complexity index is 1080. The summed E-state index contributed by atoms with van der Waals surface area (Å²) in [7, 11) is 0. The Hall–Kier alpha value is -3.29. The smallest absolute Gasteiger partial charge is 0.123 e. The molecule has 4 aromatic rings. The van der Waals surface area contributed by atoms with E-state index in [0.717, 1.165) is 64.9 Å². The van der Waals surface area contributed by atoms with Crippen molar-refractivity contribution >= 4 is 0 Å². The summed E-state index contributed by atoms with van der Waals surface area (Å²) in [6.45, 7) is 5.80. The van der Waals surface area contributed by atoms with Crippen molar-refractivity contribution < 1.29 is 0 Å². The van der Waals surface area contributed by atoms with Crippen LogP contribution in [0, 0.1) is 0 Å². The SMILES string of the molecule is CCCNCc1ncc(-c2ccc(-c3ccc(-c4cnc([C@H](C)N)[nH]4)cn3)cc2)[nH]1. The predicted molar refractivity (Wildman–Crippen MR) is 119 cm³/mol. The highest BCUT2D eigenvalue weighted by Crippen LogP contribution is 2.25. The fourth-order valence-electron chi connectivity index (χ4n) is 3.24. The van der Waals surface area contributed by atoms with Crippen LogP contribution < -0.4 is 11.1 Å². The standard InChI is InChI=1S/C23H27N7/c1-3-10-25-14-22-27-12-20(29-22)17-6-4-16(5-7-17)19-9-8-18(11-26-19)21-13-28-23(30-21)15(2)24/h4-9,11-13,15,25H,3,10,14,24H2,1-2H3,(H,27,29)(H,28,30)/t15-/m0/s1. The third-order valence-electron chi connectivity index (χ3n) is 4.94. The quantitative estimate of drug-likeness (QED) is 0.333. The number of nitrogens with zero attached hydrogens (tertiary/aromatic N) is 3. The van der Waals surface area contributed by atoms with E-state index in [9.17, 15) is 0 Å². The van der Waals surface area contributed by atoms with Crippen LogP contribution in [0.4, 0.5) is 0 Å². The van der Waals surface area contributed by atoms with Gasteiger partial charge in [-0.25, -0.2) is 9.97 Å². The van der Waals surface area contributed by atoms with E-state index in [1.54, 1.807) is 6.20 Å². The summed E-state index contributed by atoms with van der Waals surface area (Å²) < 4.78 is 0. The second-order valence-electron chi connectivity index (χ2n) is 7.40. The van der Waals surface area contributed by atoms with Gasteiger partial charge < -0.3 is 21.0 Å². The first kappa shape index (κ1) is 20.0. The van der Waals surface area contributed by atoms with Crippen molar-refractivity contribution in [3.8, 4) is 33.8 Å². The lowest BCUT2D eigenvalue weighted by Crippen LogP contribution is -2.14. The summed E-state index contributed by atoms with van der Waals surface area (Å²) >= 11 is 0. The zero-order valence-electron chi connectivity index (χ0n) is 17.3. The van der Waals surface area contributed by atoms with Crippen molar-refractivity contribution in [3.05, 3.63) is 66.6 Å². The third kappa shape index (κ3) is 4.48. The molecule has 0 spiro atoms. The zero-order valence-corrected chi connectivity index (χ0v) is 17.3. The van der Waals surface area contributed by atoms with Crippen molar-refractivity contribution in [2.45, 2.75) is 32.9 Å². The molecule has 3 aromatic heterocycles. The normalized spacial score (nSPS) is 12.2. The molecule has 1 atom stereocenters. The van der Waals surface area contributed by atoms with Gasteiger partial charge in [-0.2, -0.15) is 0 Å². The van der Waals surface area contributed by atoms with Gasteiger partial charge in [-0.1, -0.05) is 31.2 Å². The number of rotatable bonds is 8. The number of aromatic nitrogens is 5. The van der Waals surface area contributed by atoms with E-state index in [-0.39, 0.29) is 6.04 Å². The molecule has 0 radical (unpaired) electrons. The monoisotopic (exact) mass is 401 g/mol. The fourth-order valence-corrected chi connectivity index (χ4v) is 3.24. The number of hydrogen-bond acceptors (Lipinski definition) is 5. The number of H-pyrrole nitrogens is 2. The van der Waals surface area contributed by atoms with Gasteiger partial charge in [0.1, 0.15) is 11.6 Å². The van der Waals surface area contributed by atoms with Gasteiger partial charge in [0.25, 0.3) is 0 Å². The maximum Gasteiger partial charge on any atom is 0.123 e. The van der Waals surface area contributed by atoms with Crippen LogP contribution >= 0.6 is 0 Å². The molecule has 1 aromatic carbocycles. The average Bonchev–Trinajstić information content (AvgIpc) is 3.45. The number of nitrogens with one attached hydrogen (secondary N) is 3. The van der Waals surface area contributed by atoms with Crippen molar-refractivity contribution in [2.75, 3.05) is 6.54 Å². The number of hydrogen-bond donors (Lipinski definition) is 4. The van der Waals surface area contributed by atoms with E-state index in [2.05, 4.69) is 61.4 Å². The Morgan fingerprint density at radius 1 is 0.867 bits per heavy atom. The van der Waals surface area contributed by atoms with Crippen LogP contribution in [0.15, 0.2) is 55.0 Å².